The lowest BCUT2D eigenvalue weighted by atomic mass is 9.84. The molecule has 0 saturated carbocycles. The van der Waals surface area contributed by atoms with Crippen molar-refractivity contribution in [2.24, 2.45) is 0 Å². The standard InChI is InChI=1S/C66H60N4O/c1-64(2,3)45-22-17-20-43(34-45)52-26-18-27-56-53-24-11-10-23-51(53)42-19-16-21-44(33-42)57-37-47(66(7,8)9)38-62(67-57)70-58-28-13-12-25-54(58)55-32-31-49(40-61(55)70)71-50-36-46(65(4,5)6)35-48(39-50)68-41-69(63(52)56)60-30-15-14-29-59(60)68/h10-40H,41H2,1-9H3. The third-order valence-electron chi connectivity index (χ3n) is 14.6. The zero-order valence-corrected chi connectivity index (χ0v) is 42.3. The van der Waals surface area contributed by atoms with Gasteiger partial charge in [0.05, 0.1) is 33.8 Å². The van der Waals surface area contributed by atoms with Crippen LogP contribution in [0.4, 0.5) is 22.7 Å². The Morgan fingerprint density at radius 3 is 1.79 bits per heavy atom. The fourth-order valence-corrected chi connectivity index (χ4v) is 10.7. The first-order valence-electron chi connectivity index (χ1n) is 25.0. The Hall–Kier alpha value is -7.89. The molecule has 0 atom stereocenters. The van der Waals surface area contributed by atoms with Gasteiger partial charge >= 0.3 is 0 Å². The third kappa shape index (κ3) is 7.76. The molecule has 0 N–H and O–H groups in total. The molecule has 0 spiro atoms. The first-order valence-corrected chi connectivity index (χ1v) is 25.0. The van der Waals surface area contributed by atoms with Crippen LogP contribution in [0.2, 0.25) is 0 Å². The van der Waals surface area contributed by atoms with Gasteiger partial charge in [0.25, 0.3) is 0 Å². The van der Waals surface area contributed by atoms with Gasteiger partial charge in [0.2, 0.25) is 0 Å². The van der Waals surface area contributed by atoms with Crippen molar-refractivity contribution in [1.82, 2.24) is 9.55 Å². The number of benzene rings is 8. The van der Waals surface area contributed by atoms with Crippen molar-refractivity contribution in [2.45, 2.75) is 78.6 Å². The summed E-state index contributed by atoms with van der Waals surface area (Å²) in [7, 11) is 0. The van der Waals surface area contributed by atoms with Gasteiger partial charge in [0.1, 0.15) is 24.0 Å². The predicted molar refractivity (Wildman–Crippen MR) is 299 cm³/mol. The van der Waals surface area contributed by atoms with Gasteiger partial charge in [-0.1, -0.05) is 178 Å². The molecule has 0 saturated heterocycles. The molecule has 10 aromatic rings. The maximum Gasteiger partial charge on any atom is 0.138 e. The van der Waals surface area contributed by atoms with Crippen LogP contribution in [0.1, 0.15) is 79.0 Å². The number of anilines is 4. The number of rotatable bonds is 1. The van der Waals surface area contributed by atoms with E-state index in [4.69, 9.17) is 9.72 Å². The maximum atomic E-state index is 7.10. The molecule has 10 bridgehead atoms. The quantitative estimate of drug-likeness (QED) is 0.164. The van der Waals surface area contributed by atoms with Gasteiger partial charge in [-0.25, -0.2) is 4.98 Å². The summed E-state index contributed by atoms with van der Waals surface area (Å²) in [6, 6.07) is 69.4. The zero-order valence-electron chi connectivity index (χ0n) is 42.3. The normalized spacial score (nSPS) is 13.4. The van der Waals surface area contributed by atoms with E-state index in [0.29, 0.717) is 6.67 Å². The van der Waals surface area contributed by atoms with Crippen LogP contribution in [0.5, 0.6) is 11.5 Å². The van der Waals surface area contributed by atoms with Gasteiger partial charge in [-0.2, -0.15) is 0 Å². The molecule has 0 radical (unpaired) electrons. The molecule has 2 aromatic heterocycles. The molecule has 0 unspecified atom stereocenters. The average Bonchev–Trinajstić information content (AvgIpc) is 3.91. The molecule has 5 heteroatoms. The van der Waals surface area contributed by atoms with Crippen LogP contribution in [0.3, 0.4) is 0 Å². The Morgan fingerprint density at radius 2 is 1.01 bits per heavy atom. The second kappa shape index (κ2) is 16.3. The molecule has 8 aromatic carbocycles. The highest BCUT2D eigenvalue weighted by Gasteiger charge is 2.33. The van der Waals surface area contributed by atoms with Crippen LogP contribution in [0.25, 0.3) is 72.3 Å². The van der Waals surface area contributed by atoms with E-state index in [1.54, 1.807) is 0 Å². The highest BCUT2D eigenvalue weighted by atomic mass is 16.5. The molecular weight excluding hydrogens is 865 g/mol. The van der Waals surface area contributed by atoms with E-state index in [9.17, 15) is 0 Å². The second-order valence-corrected chi connectivity index (χ2v) is 22.6. The summed E-state index contributed by atoms with van der Waals surface area (Å²) in [6.45, 7) is 21.2. The number of aromatic nitrogens is 2. The minimum atomic E-state index is -0.157. The van der Waals surface area contributed by atoms with Crippen LogP contribution in [-0.2, 0) is 16.2 Å². The van der Waals surface area contributed by atoms with Crippen LogP contribution in [-0.4, -0.2) is 16.2 Å². The van der Waals surface area contributed by atoms with Crippen LogP contribution < -0.4 is 14.5 Å². The number of para-hydroxylation sites is 4. The minimum absolute atomic E-state index is 0.0227. The van der Waals surface area contributed by atoms with Crippen molar-refractivity contribution in [1.29, 1.82) is 0 Å². The van der Waals surface area contributed by atoms with Crippen LogP contribution >= 0.6 is 0 Å². The minimum Gasteiger partial charge on any atom is -0.457 e. The van der Waals surface area contributed by atoms with E-state index in [2.05, 4.69) is 265 Å². The number of hydrogen-bond acceptors (Lipinski definition) is 4. The van der Waals surface area contributed by atoms with Crippen LogP contribution in [0.15, 0.2) is 188 Å². The summed E-state index contributed by atoms with van der Waals surface area (Å²) < 4.78 is 9.43. The van der Waals surface area contributed by atoms with Gasteiger partial charge in [-0.15, -0.1) is 0 Å². The van der Waals surface area contributed by atoms with Crippen molar-refractivity contribution in [3.8, 4) is 62.0 Å². The molecule has 2 aliphatic rings. The number of fused-ring (bicyclic) bond motifs is 23. The predicted octanol–water partition coefficient (Wildman–Crippen LogP) is 18.1. The Morgan fingerprint density at radius 1 is 0.408 bits per heavy atom. The summed E-state index contributed by atoms with van der Waals surface area (Å²) in [5.74, 6) is 2.43. The van der Waals surface area contributed by atoms with Gasteiger partial charge in [0, 0.05) is 45.3 Å². The van der Waals surface area contributed by atoms with Crippen LogP contribution in [0, 0.1) is 0 Å². The topological polar surface area (TPSA) is 33.5 Å². The molecule has 0 aliphatic carbocycles. The van der Waals surface area contributed by atoms with E-state index >= 15 is 0 Å². The number of hydrogen-bond donors (Lipinski definition) is 0. The fourth-order valence-electron chi connectivity index (χ4n) is 10.7. The Bertz CT molecular complexity index is 3740. The molecule has 12 rings (SSSR count). The summed E-state index contributed by atoms with van der Waals surface area (Å²) >= 11 is 0. The second-order valence-electron chi connectivity index (χ2n) is 22.6. The van der Waals surface area contributed by atoms with Gasteiger partial charge in [-0.05, 0) is 116 Å². The van der Waals surface area contributed by atoms with E-state index < -0.39 is 0 Å². The third-order valence-corrected chi connectivity index (χ3v) is 14.6. The maximum absolute atomic E-state index is 7.10. The largest absolute Gasteiger partial charge is 0.457 e. The smallest absolute Gasteiger partial charge is 0.138 e. The highest BCUT2D eigenvalue weighted by Crippen LogP contribution is 2.52. The summed E-state index contributed by atoms with van der Waals surface area (Å²) in [5.41, 5.74) is 19.0. The van der Waals surface area contributed by atoms with E-state index in [0.717, 1.165) is 84.4 Å². The SMILES string of the molecule is CC(C)(C)c1cccc(-c2cccc3c2N2CN(c4cc(cc(C(C)(C)C)c4)Oc4ccc5c6ccccc6n(c5c4)-c4cc(C(C)(C)C)cc(n4)-c4cccc(c4)-c4ccccc4-3)c3ccccc32)c1. The molecule has 4 heterocycles. The molecule has 2 aliphatic heterocycles. The lowest BCUT2D eigenvalue weighted by Gasteiger charge is -2.29. The molecular formula is C66H60N4O. The molecule has 0 fully saturated rings. The van der Waals surface area contributed by atoms with Crippen molar-refractivity contribution < 1.29 is 4.74 Å². The lowest BCUT2D eigenvalue weighted by Crippen LogP contribution is -2.25. The van der Waals surface area contributed by atoms with Gasteiger partial charge in [-0.3, -0.25) is 4.57 Å². The summed E-state index contributed by atoms with van der Waals surface area (Å²) in [6.07, 6.45) is 0. The monoisotopic (exact) mass is 924 g/mol. The Balaban J connectivity index is 1.17. The van der Waals surface area contributed by atoms with Gasteiger partial charge in [0.15, 0.2) is 0 Å². The van der Waals surface area contributed by atoms with Gasteiger partial charge < -0.3 is 14.5 Å². The first kappa shape index (κ1) is 44.3. The number of pyridine rings is 1. The number of nitrogens with zero attached hydrogens (tertiary/aromatic N) is 4. The molecule has 5 nitrogen and oxygen atoms in total. The Kier molecular flexibility index (Phi) is 10.2. The summed E-state index contributed by atoms with van der Waals surface area (Å²) in [4.78, 5) is 10.6. The zero-order chi connectivity index (χ0) is 49.0. The van der Waals surface area contributed by atoms with Crippen molar-refractivity contribution >= 4 is 44.6 Å². The van der Waals surface area contributed by atoms with E-state index in [1.807, 2.05) is 0 Å². The molecule has 71 heavy (non-hydrogen) atoms. The van der Waals surface area contributed by atoms with E-state index in [1.165, 1.54) is 38.8 Å². The highest BCUT2D eigenvalue weighted by molar-refractivity contribution is 6.09. The van der Waals surface area contributed by atoms with Crippen molar-refractivity contribution in [3.63, 3.8) is 0 Å². The summed E-state index contributed by atoms with van der Waals surface area (Å²) in [5, 5.41) is 2.32. The Labute approximate surface area is 418 Å². The molecule has 350 valence electrons. The average molecular weight is 925 g/mol. The first-order chi connectivity index (χ1) is 34.1. The van der Waals surface area contributed by atoms with E-state index in [-0.39, 0.29) is 16.2 Å². The lowest BCUT2D eigenvalue weighted by molar-refractivity contribution is 0.479. The number of ether oxygens (including phenoxy) is 1. The van der Waals surface area contributed by atoms with Crippen molar-refractivity contribution in [3.05, 3.63) is 205 Å². The fraction of sp³-hybridized carbons (Fsp3) is 0.197. The molecule has 0 amide bonds. The van der Waals surface area contributed by atoms with Crippen molar-refractivity contribution in [2.75, 3.05) is 16.5 Å².